The Labute approximate surface area is 123 Å². The molecule has 2 N–H and O–H groups in total. The molecule has 1 amide bonds. The molecule has 2 rings (SSSR count). The normalized spacial score (nSPS) is 11.9. The summed E-state index contributed by atoms with van der Waals surface area (Å²) in [5, 5.41) is 9.05. The van der Waals surface area contributed by atoms with Gasteiger partial charge < -0.3 is 10.1 Å². The number of nitrogens with one attached hydrogen (secondary N) is 2. The lowest BCUT2D eigenvalue weighted by Gasteiger charge is -2.15. The standard InChI is InChI=1S/C13H13BrFN3O2/c1-8(7-20-11-5-3-2-4-10(11)15)17-13(19)12-9(14)6-16-18-12/h2-6,8H,7H2,1H3,(H,16,18)(H,17,19)/t8-/m1/s1. The van der Waals surface area contributed by atoms with Crippen LogP contribution >= 0.6 is 15.9 Å². The molecule has 20 heavy (non-hydrogen) atoms. The highest BCUT2D eigenvalue weighted by molar-refractivity contribution is 9.10. The third kappa shape index (κ3) is 3.57. The maximum Gasteiger partial charge on any atom is 0.270 e. The third-order valence-corrected chi connectivity index (χ3v) is 3.12. The number of ether oxygens (including phenoxy) is 1. The van der Waals surface area contributed by atoms with E-state index in [4.69, 9.17) is 4.74 Å². The highest BCUT2D eigenvalue weighted by Gasteiger charge is 2.15. The Kier molecular flexibility index (Phi) is 4.73. The number of aromatic nitrogens is 2. The second-order valence-electron chi connectivity index (χ2n) is 4.21. The fourth-order valence-electron chi connectivity index (χ4n) is 1.54. The molecule has 7 heteroatoms. The molecule has 0 fully saturated rings. The van der Waals surface area contributed by atoms with Crippen molar-refractivity contribution in [2.75, 3.05) is 6.61 Å². The molecule has 0 spiro atoms. The first kappa shape index (κ1) is 14.5. The van der Waals surface area contributed by atoms with Crippen molar-refractivity contribution >= 4 is 21.8 Å². The van der Waals surface area contributed by atoms with E-state index in [0.29, 0.717) is 10.2 Å². The Morgan fingerprint density at radius 3 is 2.95 bits per heavy atom. The Balaban J connectivity index is 1.87. The van der Waals surface area contributed by atoms with Gasteiger partial charge in [-0.3, -0.25) is 9.89 Å². The zero-order valence-electron chi connectivity index (χ0n) is 10.7. The lowest BCUT2D eigenvalue weighted by molar-refractivity contribution is 0.0920. The number of H-pyrrole nitrogens is 1. The number of halogens is 2. The third-order valence-electron chi connectivity index (χ3n) is 2.52. The van der Waals surface area contributed by atoms with Crippen LogP contribution in [-0.2, 0) is 0 Å². The number of carbonyl (C=O) groups excluding carboxylic acids is 1. The lowest BCUT2D eigenvalue weighted by atomic mass is 10.3. The number of hydrogen-bond donors (Lipinski definition) is 2. The number of benzene rings is 1. The van der Waals surface area contributed by atoms with E-state index in [1.165, 1.54) is 18.3 Å². The van der Waals surface area contributed by atoms with Gasteiger partial charge in [-0.1, -0.05) is 12.1 Å². The van der Waals surface area contributed by atoms with E-state index in [-0.39, 0.29) is 24.3 Å². The Hall–Kier alpha value is -1.89. The van der Waals surface area contributed by atoms with E-state index >= 15 is 0 Å². The van der Waals surface area contributed by atoms with Crippen molar-refractivity contribution in [3.8, 4) is 5.75 Å². The van der Waals surface area contributed by atoms with E-state index in [1.54, 1.807) is 19.1 Å². The topological polar surface area (TPSA) is 67.0 Å². The van der Waals surface area contributed by atoms with Crippen molar-refractivity contribution in [1.29, 1.82) is 0 Å². The first-order chi connectivity index (χ1) is 9.58. The largest absolute Gasteiger partial charge is 0.488 e. The van der Waals surface area contributed by atoms with Gasteiger partial charge in [-0.15, -0.1) is 0 Å². The monoisotopic (exact) mass is 341 g/mol. The van der Waals surface area contributed by atoms with Crippen molar-refractivity contribution in [2.24, 2.45) is 0 Å². The van der Waals surface area contributed by atoms with Crippen molar-refractivity contribution < 1.29 is 13.9 Å². The number of para-hydroxylation sites is 1. The maximum atomic E-state index is 13.3. The molecule has 0 radical (unpaired) electrons. The van der Waals surface area contributed by atoms with Crippen LogP contribution in [0.3, 0.4) is 0 Å². The average molecular weight is 342 g/mol. The summed E-state index contributed by atoms with van der Waals surface area (Å²) in [6.45, 7) is 1.93. The zero-order valence-corrected chi connectivity index (χ0v) is 12.3. The van der Waals surface area contributed by atoms with Gasteiger partial charge in [0.25, 0.3) is 5.91 Å². The number of aromatic amines is 1. The van der Waals surface area contributed by atoms with Crippen LogP contribution in [-0.4, -0.2) is 28.8 Å². The molecular formula is C13H13BrFN3O2. The molecule has 0 saturated carbocycles. The summed E-state index contributed by atoms with van der Waals surface area (Å²) in [5.74, 6) is -0.572. The van der Waals surface area contributed by atoms with Crippen LogP contribution in [0, 0.1) is 5.82 Å². The van der Waals surface area contributed by atoms with Crippen molar-refractivity contribution in [2.45, 2.75) is 13.0 Å². The quantitative estimate of drug-likeness (QED) is 0.877. The van der Waals surface area contributed by atoms with Crippen LogP contribution < -0.4 is 10.1 Å². The minimum Gasteiger partial charge on any atom is -0.488 e. The Morgan fingerprint density at radius 1 is 1.55 bits per heavy atom. The van der Waals surface area contributed by atoms with Crippen LogP contribution in [0.1, 0.15) is 17.4 Å². The van der Waals surface area contributed by atoms with Crippen LogP contribution in [0.4, 0.5) is 4.39 Å². The summed E-state index contributed by atoms with van der Waals surface area (Å²) in [5.41, 5.74) is 0.336. The van der Waals surface area contributed by atoms with Crippen LogP contribution in [0.25, 0.3) is 0 Å². The molecule has 1 heterocycles. The van der Waals surface area contributed by atoms with Gasteiger partial charge in [0.05, 0.1) is 16.7 Å². The lowest BCUT2D eigenvalue weighted by Crippen LogP contribution is -2.37. The van der Waals surface area contributed by atoms with E-state index in [9.17, 15) is 9.18 Å². The van der Waals surface area contributed by atoms with E-state index in [0.717, 1.165) is 0 Å². The molecule has 1 aromatic carbocycles. The smallest absolute Gasteiger partial charge is 0.270 e. The number of carbonyl (C=O) groups is 1. The number of nitrogens with zero attached hydrogens (tertiary/aromatic N) is 1. The summed E-state index contributed by atoms with van der Waals surface area (Å²) >= 11 is 3.21. The summed E-state index contributed by atoms with van der Waals surface area (Å²) < 4.78 is 19.2. The van der Waals surface area contributed by atoms with Crippen LogP contribution in [0.15, 0.2) is 34.9 Å². The van der Waals surface area contributed by atoms with Crippen molar-refractivity contribution in [3.63, 3.8) is 0 Å². The second kappa shape index (κ2) is 6.51. The number of hydrogen-bond acceptors (Lipinski definition) is 3. The van der Waals surface area contributed by atoms with Gasteiger partial charge in [0.2, 0.25) is 0 Å². The van der Waals surface area contributed by atoms with Gasteiger partial charge in [0, 0.05) is 0 Å². The van der Waals surface area contributed by atoms with Gasteiger partial charge >= 0.3 is 0 Å². The van der Waals surface area contributed by atoms with Gasteiger partial charge in [0.1, 0.15) is 12.3 Å². The molecule has 0 aliphatic carbocycles. The summed E-state index contributed by atoms with van der Waals surface area (Å²) in [4.78, 5) is 11.9. The molecular weight excluding hydrogens is 329 g/mol. The molecule has 0 aliphatic heterocycles. The molecule has 1 atom stereocenters. The molecule has 2 aromatic rings. The number of amides is 1. The minimum absolute atomic E-state index is 0.163. The zero-order chi connectivity index (χ0) is 14.5. The first-order valence-corrected chi connectivity index (χ1v) is 6.74. The molecule has 0 unspecified atom stereocenters. The second-order valence-corrected chi connectivity index (χ2v) is 5.06. The summed E-state index contributed by atoms with van der Waals surface area (Å²) in [6.07, 6.45) is 1.50. The molecule has 0 bridgehead atoms. The van der Waals surface area contributed by atoms with E-state index in [1.807, 2.05) is 0 Å². The maximum absolute atomic E-state index is 13.3. The van der Waals surface area contributed by atoms with Crippen LogP contribution in [0.2, 0.25) is 0 Å². The molecule has 0 aliphatic rings. The molecule has 0 saturated heterocycles. The fourth-order valence-corrected chi connectivity index (χ4v) is 1.92. The van der Waals surface area contributed by atoms with Crippen LogP contribution in [0.5, 0.6) is 5.75 Å². The predicted molar refractivity (Wildman–Crippen MR) is 75.1 cm³/mol. The number of rotatable bonds is 5. The van der Waals surface area contributed by atoms with Gasteiger partial charge in [-0.25, -0.2) is 4.39 Å². The van der Waals surface area contributed by atoms with E-state index in [2.05, 4.69) is 31.4 Å². The Morgan fingerprint density at radius 2 is 2.30 bits per heavy atom. The Bertz CT molecular complexity index is 603. The van der Waals surface area contributed by atoms with Crippen molar-refractivity contribution in [1.82, 2.24) is 15.5 Å². The predicted octanol–water partition coefficient (Wildman–Crippen LogP) is 2.51. The average Bonchev–Trinajstić information content (AvgIpc) is 2.84. The minimum atomic E-state index is -0.428. The fraction of sp³-hybridized carbons (Fsp3) is 0.231. The molecule has 106 valence electrons. The summed E-state index contributed by atoms with van der Waals surface area (Å²) in [7, 11) is 0. The van der Waals surface area contributed by atoms with Gasteiger partial charge in [-0.2, -0.15) is 5.10 Å². The highest BCUT2D eigenvalue weighted by atomic mass is 79.9. The highest BCUT2D eigenvalue weighted by Crippen LogP contribution is 2.16. The SMILES string of the molecule is C[C@H](COc1ccccc1F)NC(=O)c1[nH]ncc1Br. The molecule has 1 aromatic heterocycles. The summed E-state index contributed by atoms with van der Waals surface area (Å²) in [6, 6.07) is 5.85. The molecule has 5 nitrogen and oxygen atoms in total. The van der Waals surface area contributed by atoms with Gasteiger partial charge in [-0.05, 0) is 35.0 Å². The first-order valence-electron chi connectivity index (χ1n) is 5.95. The van der Waals surface area contributed by atoms with Crippen molar-refractivity contribution in [3.05, 3.63) is 46.4 Å². The van der Waals surface area contributed by atoms with E-state index < -0.39 is 5.82 Å². The van der Waals surface area contributed by atoms with Gasteiger partial charge in [0.15, 0.2) is 11.6 Å².